The van der Waals surface area contributed by atoms with E-state index in [4.69, 9.17) is 20.1 Å². The molecule has 1 aromatic heterocycles. The number of methoxy groups -OCH3 is 3. The summed E-state index contributed by atoms with van der Waals surface area (Å²) in [5.74, 6) is 8.32. The maximum atomic E-state index is 12.5. The van der Waals surface area contributed by atoms with Crippen molar-refractivity contribution in [3.8, 4) is 28.6 Å². The fourth-order valence-electron chi connectivity index (χ4n) is 3.21. The van der Waals surface area contributed by atoms with E-state index in [9.17, 15) is 4.79 Å². The third-order valence-corrected chi connectivity index (χ3v) is 5.72. The molecular formula is C22H27N5O4S. The summed E-state index contributed by atoms with van der Waals surface area (Å²) >= 11 is 1.20. The van der Waals surface area contributed by atoms with Crippen molar-refractivity contribution in [2.75, 3.05) is 38.2 Å². The van der Waals surface area contributed by atoms with E-state index in [2.05, 4.69) is 29.4 Å². The minimum absolute atomic E-state index is 0.136. The van der Waals surface area contributed by atoms with Crippen LogP contribution in [-0.4, -0.2) is 47.9 Å². The molecule has 3 aromatic rings. The lowest BCUT2D eigenvalue weighted by Gasteiger charge is -2.14. The maximum Gasteiger partial charge on any atom is 0.234 e. The first-order valence-corrected chi connectivity index (χ1v) is 10.9. The SMILES string of the molecule is COc1cc(-c2nnc(SCC(=O)Nc3ccccc3C(C)C)n2N)cc(OC)c1OC. The Balaban J connectivity index is 1.75. The fraction of sp³-hybridized carbons (Fsp3) is 0.318. The molecule has 10 heteroatoms. The summed E-state index contributed by atoms with van der Waals surface area (Å²) in [5.41, 5.74) is 2.52. The van der Waals surface area contributed by atoms with E-state index < -0.39 is 0 Å². The lowest BCUT2D eigenvalue weighted by atomic mass is 10.0. The van der Waals surface area contributed by atoms with Crippen molar-refractivity contribution in [3.05, 3.63) is 42.0 Å². The Labute approximate surface area is 191 Å². The minimum Gasteiger partial charge on any atom is -0.493 e. The first kappa shape index (κ1) is 23.3. The van der Waals surface area contributed by atoms with E-state index in [1.807, 2.05) is 24.3 Å². The van der Waals surface area contributed by atoms with Crippen molar-refractivity contribution < 1.29 is 19.0 Å². The predicted octanol–water partition coefficient (Wildman–Crippen LogP) is 3.54. The molecule has 0 saturated heterocycles. The van der Waals surface area contributed by atoms with Crippen LogP contribution in [0.5, 0.6) is 17.2 Å². The molecule has 0 atom stereocenters. The van der Waals surface area contributed by atoms with Gasteiger partial charge in [-0.1, -0.05) is 43.8 Å². The highest BCUT2D eigenvalue weighted by Gasteiger charge is 2.19. The van der Waals surface area contributed by atoms with Crippen molar-refractivity contribution in [2.45, 2.75) is 24.9 Å². The molecule has 9 nitrogen and oxygen atoms in total. The third-order valence-electron chi connectivity index (χ3n) is 4.78. The molecule has 170 valence electrons. The quantitative estimate of drug-likeness (QED) is 0.371. The van der Waals surface area contributed by atoms with Crippen LogP contribution >= 0.6 is 11.8 Å². The number of nitrogen functional groups attached to an aromatic ring is 1. The van der Waals surface area contributed by atoms with Gasteiger partial charge in [0.25, 0.3) is 0 Å². The summed E-state index contributed by atoms with van der Waals surface area (Å²) in [4.78, 5) is 12.5. The van der Waals surface area contributed by atoms with Crippen LogP contribution in [0.15, 0.2) is 41.6 Å². The molecule has 1 amide bonds. The van der Waals surface area contributed by atoms with Crippen LogP contribution in [0.3, 0.4) is 0 Å². The maximum absolute atomic E-state index is 12.5. The second kappa shape index (κ2) is 10.3. The number of benzene rings is 2. The van der Waals surface area contributed by atoms with Crippen LogP contribution in [0, 0.1) is 0 Å². The molecule has 3 N–H and O–H groups in total. The average Bonchev–Trinajstić information content (AvgIpc) is 3.17. The van der Waals surface area contributed by atoms with Gasteiger partial charge in [-0.2, -0.15) is 0 Å². The molecule has 0 saturated carbocycles. The van der Waals surface area contributed by atoms with Gasteiger partial charge in [0, 0.05) is 11.3 Å². The highest BCUT2D eigenvalue weighted by atomic mass is 32.2. The number of hydrogen-bond acceptors (Lipinski definition) is 8. The topological polar surface area (TPSA) is 114 Å². The van der Waals surface area contributed by atoms with Crippen molar-refractivity contribution in [2.24, 2.45) is 0 Å². The monoisotopic (exact) mass is 457 g/mol. The molecule has 3 rings (SSSR count). The third kappa shape index (κ3) is 4.91. The number of rotatable bonds is 9. The van der Waals surface area contributed by atoms with E-state index in [0.717, 1.165) is 11.3 Å². The Morgan fingerprint density at radius 1 is 1.09 bits per heavy atom. The van der Waals surface area contributed by atoms with Crippen LogP contribution in [-0.2, 0) is 4.79 Å². The molecule has 0 spiro atoms. The molecule has 0 aliphatic heterocycles. The number of amides is 1. The molecule has 32 heavy (non-hydrogen) atoms. The lowest BCUT2D eigenvalue weighted by molar-refractivity contribution is -0.113. The molecule has 0 aliphatic rings. The summed E-state index contributed by atoms with van der Waals surface area (Å²) < 4.78 is 17.5. The fourth-order valence-corrected chi connectivity index (χ4v) is 3.87. The summed E-state index contributed by atoms with van der Waals surface area (Å²) in [7, 11) is 4.60. The smallest absolute Gasteiger partial charge is 0.234 e. The van der Waals surface area contributed by atoms with E-state index >= 15 is 0 Å². The summed E-state index contributed by atoms with van der Waals surface area (Å²) in [6.45, 7) is 4.17. The molecule has 0 aliphatic carbocycles. The first-order chi connectivity index (χ1) is 15.4. The number of hydrogen-bond donors (Lipinski definition) is 2. The zero-order valence-corrected chi connectivity index (χ0v) is 19.5. The van der Waals surface area contributed by atoms with Crippen molar-refractivity contribution in [3.63, 3.8) is 0 Å². The van der Waals surface area contributed by atoms with Gasteiger partial charge >= 0.3 is 0 Å². The van der Waals surface area contributed by atoms with Gasteiger partial charge in [-0.05, 0) is 29.7 Å². The highest BCUT2D eigenvalue weighted by molar-refractivity contribution is 7.99. The predicted molar refractivity (Wildman–Crippen MR) is 125 cm³/mol. The Bertz CT molecular complexity index is 1070. The number of anilines is 1. The number of nitrogens with two attached hydrogens (primary N) is 1. The van der Waals surface area contributed by atoms with Crippen LogP contribution in [0.25, 0.3) is 11.4 Å². The Morgan fingerprint density at radius 3 is 2.34 bits per heavy atom. The minimum atomic E-state index is -0.152. The van der Waals surface area contributed by atoms with Crippen molar-refractivity contribution in [1.82, 2.24) is 14.9 Å². The molecule has 2 aromatic carbocycles. The number of para-hydroxylation sites is 1. The van der Waals surface area contributed by atoms with Gasteiger partial charge in [-0.15, -0.1) is 10.2 Å². The average molecular weight is 458 g/mol. The van der Waals surface area contributed by atoms with Gasteiger partial charge < -0.3 is 25.4 Å². The largest absolute Gasteiger partial charge is 0.493 e. The van der Waals surface area contributed by atoms with Crippen molar-refractivity contribution >= 4 is 23.4 Å². The van der Waals surface area contributed by atoms with Gasteiger partial charge in [0.2, 0.25) is 16.8 Å². The molecule has 0 unspecified atom stereocenters. The van der Waals surface area contributed by atoms with Gasteiger partial charge in [0.1, 0.15) is 0 Å². The number of aromatic nitrogens is 3. The Hall–Kier alpha value is -3.40. The molecule has 0 bridgehead atoms. The Kier molecular flexibility index (Phi) is 7.47. The number of nitrogens with one attached hydrogen (secondary N) is 1. The molecule has 1 heterocycles. The molecular weight excluding hydrogens is 430 g/mol. The summed E-state index contributed by atoms with van der Waals surface area (Å²) in [6.07, 6.45) is 0. The number of carbonyl (C=O) groups excluding carboxylic acids is 1. The van der Waals surface area contributed by atoms with Gasteiger partial charge in [-0.3, -0.25) is 4.79 Å². The van der Waals surface area contributed by atoms with Crippen LogP contribution < -0.4 is 25.4 Å². The van der Waals surface area contributed by atoms with Crippen LogP contribution in [0.1, 0.15) is 25.3 Å². The lowest BCUT2D eigenvalue weighted by Crippen LogP contribution is -2.17. The van der Waals surface area contributed by atoms with E-state index in [1.54, 1.807) is 12.1 Å². The van der Waals surface area contributed by atoms with Gasteiger partial charge in [-0.25, -0.2) is 4.68 Å². The van der Waals surface area contributed by atoms with Crippen LogP contribution in [0.2, 0.25) is 0 Å². The standard InChI is InChI=1S/C22H27N5O4S/c1-13(2)15-8-6-7-9-16(15)24-19(28)12-32-22-26-25-21(27(22)23)14-10-17(29-3)20(31-5)18(11-14)30-4/h6-11,13H,12,23H2,1-5H3,(H,24,28). The zero-order chi connectivity index (χ0) is 23.3. The molecule has 0 radical (unpaired) electrons. The van der Waals surface area contributed by atoms with E-state index in [1.165, 1.54) is 37.8 Å². The van der Waals surface area contributed by atoms with Crippen molar-refractivity contribution in [1.29, 1.82) is 0 Å². The number of ether oxygens (including phenoxy) is 3. The zero-order valence-electron chi connectivity index (χ0n) is 18.7. The number of nitrogens with zero attached hydrogens (tertiary/aromatic N) is 3. The number of thioether (sulfide) groups is 1. The normalized spacial score (nSPS) is 10.8. The molecule has 0 fully saturated rings. The second-order valence-corrected chi connectivity index (χ2v) is 8.11. The van der Waals surface area contributed by atoms with Crippen LogP contribution in [0.4, 0.5) is 5.69 Å². The van der Waals surface area contributed by atoms with Gasteiger partial charge in [0.15, 0.2) is 17.3 Å². The Morgan fingerprint density at radius 2 is 1.75 bits per heavy atom. The van der Waals surface area contributed by atoms with Gasteiger partial charge in [0.05, 0.1) is 27.1 Å². The highest BCUT2D eigenvalue weighted by Crippen LogP contribution is 2.41. The second-order valence-electron chi connectivity index (χ2n) is 7.17. The first-order valence-electron chi connectivity index (χ1n) is 9.92. The van der Waals surface area contributed by atoms with E-state index in [-0.39, 0.29) is 11.7 Å². The summed E-state index contributed by atoms with van der Waals surface area (Å²) in [6, 6.07) is 11.2. The van der Waals surface area contributed by atoms with E-state index in [0.29, 0.717) is 39.7 Å². The summed E-state index contributed by atoms with van der Waals surface area (Å²) in [5, 5.41) is 11.7. The number of carbonyl (C=O) groups is 1.